The molecule has 1 aliphatic heterocycles. The van der Waals surface area contributed by atoms with Crippen molar-refractivity contribution in [3.63, 3.8) is 0 Å². The predicted octanol–water partition coefficient (Wildman–Crippen LogP) is 3.84. The first-order valence-electron chi connectivity index (χ1n) is 7.37. The summed E-state index contributed by atoms with van der Waals surface area (Å²) >= 11 is 5.87. The minimum Gasteiger partial charge on any atom is -0.489 e. The van der Waals surface area contributed by atoms with Gasteiger partial charge in [0.2, 0.25) is 6.79 Å². The molecule has 0 fully saturated rings. The Labute approximate surface area is 142 Å². The van der Waals surface area contributed by atoms with E-state index in [0.29, 0.717) is 23.7 Å². The summed E-state index contributed by atoms with van der Waals surface area (Å²) in [6.45, 7) is 0.605. The van der Waals surface area contributed by atoms with Gasteiger partial charge in [-0.3, -0.25) is 0 Å². The van der Waals surface area contributed by atoms with Crippen molar-refractivity contribution in [1.82, 2.24) is 0 Å². The van der Waals surface area contributed by atoms with Crippen LogP contribution in [0.2, 0.25) is 0 Å². The zero-order valence-electron chi connectivity index (χ0n) is 12.6. The zero-order valence-corrected chi connectivity index (χ0v) is 13.3. The van der Waals surface area contributed by atoms with Crippen LogP contribution in [0.4, 0.5) is 0 Å². The van der Waals surface area contributed by atoms with Crippen LogP contribution in [0.3, 0.4) is 0 Å². The standard InChI is InChI=1S/C18H13ClO5/c19-8-12-6-18(20)24-16-7-13(2-3-14(12)16)21-9-11-1-4-15-17(5-11)23-10-22-15/h1-7H,8-10H2. The minimum atomic E-state index is -0.425. The molecule has 2 heterocycles. The van der Waals surface area contributed by atoms with E-state index in [-0.39, 0.29) is 12.7 Å². The first-order valence-corrected chi connectivity index (χ1v) is 7.90. The summed E-state index contributed by atoms with van der Waals surface area (Å²) in [5, 5.41) is 0.806. The molecule has 122 valence electrons. The number of benzene rings is 2. The van der Waals surface area contributed by atoms with E-state index in [0.717, 1.165) is 22.3 Å². The van der Waals surface area contributed by atoms with Gasteiger partial charge in [0, 0.05) is 23.4 Å². The molecule has 0 unspecified atom stereocenters. The predicted molar refractivity (Wildman–Crippen MR) is 88.9 cm³/mol. The van der Waals surface area contributed by atoms with Crippen LogP contribution in [-0.2, 0) is 12.5 Å². The Morgan fingerprint density at radius 3 is 2.79 bits per heavy atom. The molecule has 5 nitrogen and oxygen atoms in total. The summed E-state index contributed by atoms with van der Waals surface area (Å²) in [4.78, 5) is 11.6. The maximum Gasteiger partial charge on any atom is 0.336 e. The molecule has 0 spiro atoms. The first-order chi connectivity index (χ1) is 11.7. The van der Waals surface area contributed by atoms with E-state index in [2.05, 4.69) is 0 Å². The molecule has 2 aromatic carbocycles. The van der Waals surface area contributed by atoms with Gasteiger partial charge in [0.05, 0.1) is 0 Å². The van der Waals surface area contributed by atoms with Crippen molar-refractivity contribution >= 4 is 22.6 Å². The number of hydrogen-bond acceptors (Lipinski definition) is 5. The molecule has 0 bridgehead atoms. The number of ether oxygens (including phenoxy) is 3. The Hall–Kier alpha value is -2.66. The fourth-order valence-electron chi connectivity index (χ4n) is 2.61. The molecule has 24 heavy (non-hydrogen) atoms. The lowest BCUT2D eigenvalue weighted by molar-refractivity contribution is 0.174. The average molecular weight is 345 g/mol. The van der Waals surface area contributed by atoms with E-state index in [1.807, 2.05) is 30.3 Å². The molecule has 0 aliphatic carbocycles. The summed E-state index contributed by atoms with van der Waals surface area (Å²) in [7, 11) is 0. The molecule has 0 saturated heterocycles. The summed E-state index contributed by atoms with van der Waals surface area (Å²) in [6.07, 6.45) is 0. The van der Waals surface area contributed by atoms with Gasteiger partial charge in [-0.25, -0.2) is 4.79 Å². The van der Waals surface area contributed by atoms with Gasteiger partial charge in [0.25, 0.3) is 0 Å². The van der Waals surface area contributed by atoms with Crippen molar-refractivity contribution in [2.75, 3.05) is 6.79 Å². The van der Waals surface area contributed by atoms with Gasteiger partial charge >= 0.3 is 5.63 Å². The molecule has 6 heteroatoms. The highest BCUT2D eigenvalue weighted by atomic mass is 35.5. The lowest BCUT2D eigenvalue weighted by Crippen LogP contribution is -2.00. The molecule has 0 N–H and O–H groups in total. The second kappa shape index (κ2) is 6.09. The van der Waals surface area contributed by atoms with Crippen LogP contribution in [0.1, 0.15) is 11.1 Å². The highest BCUT2D eigenvalue weighted by molar-refractivity contribution is 6.17. The van der Waals surface area contributed by atoms with Crippen molar-refractivity contribution in [2.45, 2.75) is 12.5 Å². The Kier molecular flexibility index (Phi) is 3.78. The maximum atomic E-state index is 11.6. The van der Waals surface area contributed by atoms with Gasteiger partial charge in [-0.2, -0.15) is 0 Å². The molecule has 0 atom stereocenters. The monoisotopic (exact) mass is 344 g/mol. The Bertz CT molecular complexity index is 963. The summed E-state index contributed by atoms with van der Waals surface area (Å²) < 4.78 is 21.6. The Morgan fingerprint density at radius 1 is 1.04 bits per heavy atom. The number of halogens is 1. The largest absolute Gasteiger partial charge is 0.489 e. The van der Waals surface area contributed by atoms with Crippen LogP contribution in [0, 0.1) is 0 Å². The van der Waals surface area contributed by atoms with Crippen LogP contribution in [0.15, 0.2) is 51.7 Å². The third-order valence-electron chi connectivity index (χ3n) is 3.79. The first kappa shape index (κ1) is 14.9. The average Bonchev–Trinajstić information content (AvgIpc) is 3.06. The second-order valence-electron chi connectivity index (χ2n) is 5.36. The zero-order chi connectivity index (χ0) is 16.5. The Morgan fingerprint density at radius 2 is 1.92 bits per heavy atom. The molecular formula is C18H13ClO5. The van der Waals surface area contributed by atoms with Crippen molar-refractivity contribution in [3.8, 4) is 17.2 Å². The van der Waals surface area contributed by atoms with Crippen molar-refractivity contribution < 1.29 is 18.6 Å². The van der Waals surface area contributed by atoms with E-state index in [9.17, 15) is 4.79 Å². The minimum absolute atomic E-state index is 0.242. The quantitative estimate of drug-likeness (QED) is 0.531. The van der Waals surface area contributed by atoms with Crippen LogP contribution in [-0.4, -0.2) is 6.79 Å². The van der Waals surface area contributed by atoms with Crippen molar-refractivity contribution in [1.29, 1.82) is 0 Å². The number of fused-ring (bicyclic) bond motifs is 2. The maximum absolute atomic E-state index is 11.6. The number of hydrogen-bond donors (Lipinski definition) is 0. The van der Waals surface area contributed by atoms with E-state index in [1.165, 1.54) is 6.07 Å². The van der Waals surface area contributed by atoms with Crippen LogP contribution >= 0.6 is 11.6 Å². The molecule has 3 aromatic rings. The van der Waals surface area contributed by atoms with Gasteiger partial charge in [-0.15, -0.1) is 11.6 Å². The molecule has 4 rings (SSSR count). The van der Waals surface area contributed by atoms with Gasteiger partial charge < -0.3 is 18.6 Å². The molecule has 0 saturated carbocycles. The van der Waals surface area contributed by atoms with Crippen LogP contribution in [0.5, 0.6) is 17.2 Å². The topological polar surface area (TPSA) is 57.9 Å². The lowest BCUT2D eigenvalue weighted by Gasteiger charge is -2.08. The SMILES string of the molecule is O=c1cc(CCl)c2ccc(OCc3ccc4c(c3)OCO4)cc2o1. The third-order valence-corrected chi connectivity index (χ3v) is 4.08. The van der Waals surface area contributed by atoms with Crippen LogP contribution in [0.25, 0.3) is 11.0 Å². The van der Waals surface area contributed by atoms with Gasteiger partial charge in [0.15, 0.2) is 11.5 Å². The highest BCUT2D eigenvalue weighted by Crippen LogP contribution is 2.33. The number of alkyl halides is 1. The summed E-state index contributed by atoms with van der Waals surface area (Å²) in [5.41, 5.74) is 1.73. The van der Waals surface area contributed by atoms with Crippen molar-refractivity contribution in [2.24, 2.45) is 0 Å². The summed E-state index contributed by atoms with van der Waals surface area (Å²) in [6, 6.07) is 12.4. The van der Waals surface area contributed by atoms with E-state index >= 15 is 0 Å². The van der Waals surface area contributed by atoms with Gasteiger partial charge in [-0.1, -0.05) is 6.07 Å². The molecule has 0 radical (unpaired) electrons. The smallest absolute Gasteiger partial charge is 0.336 e. The van der Waals surface area contributed by atoms with E-state index in [4.69, 9.17) is 30.2 Å². The fourth-order valence-corrected chi connectivity index (χ4v) is 2.83. The molecule has 0 amide bonds. The fraction of sp³-hybridized carbons (Fsp3) is 0.167. The lowest BCUT2D eigenvalue weighted by atomic mass is 10.1. The summed E-state index contributed by atoms with van der Waals surface area (Å²) in [5.74, 6) is 2.31. The highest BCUT2D eigenvalue weighted by Gasteiger charge is 2.13. The van der Waals surface area contributed by atoms with E-state index < -0.39 is 5.63 Å². The Balaban J connectivity index is 1.57. The third kappa shape index (κ3) is 2.78. The van der Waals surface area contributed by atoms with Gasteiger partial charge in [0.1, 0.15) is 17.9 Å². The normalized spacial score (nSPS) is 12.5. The number of rotatable bonds is 4. The second-order valence-corrected chi connectivity index (χ2v) is 5.63. The van der Waals surface area contributed by atoms with Crippen molar-refractivity contribution in [3.05, 3.63) is 64.0 Å². The molecule has 1 aromatic heterocycles. The molecular weight excluding hydrogens is 332 g/mol. The van der Waals surface area contributed by atoms with Gasteiger partial charge in [-0.05, 0) is 35.4 Å². The molecule has 1 aliphatic rings. The van der Waals surface area contributed by atoms with Crippen LogP contribution < -0.4 is 19.8 Å². The van der Waals surface area contributed by atoms with E-state index in [1.54, 1.807) is 6.07 Å².